The lowest BCUT2D eigenvalue weighted by Gasteiger charge is -2.26. The highest BCUT2D eigenvalue weighted by Crippen LogP contribution is 2.13. The van der Waals surface area contributed by atoms with Crippen LogP contribution in [-0.2, 0) is 9.47 Å². The Morgan fingerprint density at radius 2 is 1.86 bits per heavy atom. The third kappa shape index (κ3) is 8.48. The van der Waals surface area contributed by atoms with Gasteiger partial charge in [0.15, 0.2) is 0 Å². The van der Waals surface area contributed by atoms with Gasteiger partial charge in [-0.3, -0.25) is 0 Å². The molecule has 0 aromatic carbocycles. The molecule has 0 aliphatic heterocycles. The molecular weight excluding hydrogens is 178 g/mol. The highest BCUT2D eigenvalue weighted by Gasteiger charge is 2.17. The zero-order chi connectivity index (χ0) is 11.0. The largest absolute Gasteiger partial charge is 0.382 e. The monoisotopic (exact) mass is 203 g/mol. The van der Waals surface area contributed by atoms with E-state index in [2.05, 4.69) is 33.0 Å². The summed E-state index contributed by atoms with van der Waals surface area (Å²) in [5.74, 6) is 0. The van der Waals surface area contributed by atoms with Crippen molar-refractivity contribution >= 4 is 0 Å². The number of rotatable bonds is 8. The second kappa shape index (κ2) is 7.21. The van der Waals surface area contributed by atoms with E-state index >= 15 is 0 Å². The van der Waals surface area contributed by atoms with Crippen molar-refractivity contribution in [3.8, 4) is 0 Å². The van der Waals surface area contributed by atoms with Gasteiger partial charge in [0.25, 0.3) is 0 Å². The highest BCUT2D eigenvalue weighted by atomic mass is 16.5. The van der Waals surface area contributed by atoms with E-state index in [1.165, 1.54) is 0 Å². The van der Waals surface area contributed by atoms with Gasteiger partial charge in [0.2, 0.25) is 0 Å². The molecule has 0 saturated carbocycles. The summed E-state index contributed by atoms with van der Waals surface area (Å²) in [7, 11) is 1.69. The van der Waals surface area contributed by atoms with Gasteiger partial charge >= 0.3 is 0 Å². The van der Waals surface area contributed by atoms with Gasteiger partial charge in [0, 0.05) is 25.1 Å². The molecule has 0 aliphatic carbocycles. The fourth-order valence-electron chi connectivity index (χ4n) is 1.02. The number of hydrogen-bond acceptors (Lipinski definition) is 3. The molecule has 0 aromatic heterocycles. The van der Waals surface area contributed by atoms with Gasteiger partial charge in [0.1, 0.15) is 0 Å². The van der Waals surface area contributed by atoms with Crippen molar-refractivity contribution in [1.29, 1.82) is 0 Å². The first kappa shape index (κ1) is 13.9. The first-order valence-corrected chi connectivity index (χ1v) is 5.28. The Labute approximate surface area is 88.2 Å². The van der Waals surface area contributed by atoms with Crippen molar-refractivity contribution in [2.45, 2.75) is 33.7 Å². The molecule has 0 rings (SSSR count). The Bertz CT molecular complexity index is 135. The van der Waals surface area contributed by atoms with Gasteiger partial charge in [-0.15, -0.1) is 0 Å². The fraction of sp³-hybridized carbons (Fsp3) is 1.00. The normalized spacial score (nSPS) is 12.4. The Kier molecular flexibility index (Phi) is 7.15. The van der Waals surface area contributed by atoms with Crippen LogP contribution in [0, 0.1) is 5.41 Å². The third-order valence-electron chi connectivity index (χ3n) is 1.91. The van der Waals surface area contributed by atoms with Crippen LogP contribution in [0.5, 0.6) is 0 Å². The molecule has 0 fully saturated rings. The third-order valence-corrected chi connectivity index (χ3v) is 1.91. The lowest BCUT2D eigenvalue weighted by molar-refractivity contribution is 0.0274. The number of hydrogen-bond donors (Lipinski definition) is 1. The zero-order valence-corrected chi connectivity index (χ0v) is 10.2. The lowest BCUT2D eigenvalue weighted by atomic mass is 9.94. The fourth-order valence-corrected chi connectivity index (χ4v) is 1.02. The standard InChI is InChI=1S/C11H25NO2/c1-10(2)12-8-11(3,4)9-14-7-6-13-5/h10,12H,6-9H2,1-5H3. The van der Waals surface area contributed by atoms with Gasteiger partial charge in [-0.25, -0.2) is 0 Å². The highest BCUT2D eigenvalue weighted by molar-refractivity contribution is 4.72. The Morgan fingerprint density at radius 1 is 1.21 bits per heavy atom. The molecule has 1 N–H and O–H groups in total. The van der Waals surface area contributed by atoms with E-state index in [-0.39, 0.29) is 5.41 Å². The summed E-state index contributed by atoms with van der Waals surface area (Å²) in [6.45, 7) is 11.8. The molecule has 0 aromatic rings. The number of ether oxygens (including phenoxy) is 2. The smallest absolute Gasteiger partial charge is 0.0700 e. The van der Waals surface area contributed by atoms with E-state index < -0.39 is 0 Å². The predicted octanol–water partition coefficient (Wildman–Crippen LogP) is 1.67. The van der Waals surface area contributed by atoms with E-state index in [0.717, 1.165) is 13.2 Å². The van der Waals surface area contributed by atoms with Crippen LogP contribution < -0.4 is 5.32 Å². The summed E-state index contributed by atoms with van der Waals surface area (Å²) >= 11 is 0. The van der Waals surface area contributed by atoms with Crippen LogP contribution in [0.1, 0.15) is 27.7 Å². The molecule has 0 atom stereocenters. The van der Waals surface area contributed by atoms with Crippen LogP contribution in [0.2, 0.25) is 0 Å². The van der Waals surface area contributed by atoms with Crippen LogP contribution >= 0.6 is 0 Å². The summed E-state index contributed by atoms with van der Waals surface area (Å²) in [5.41, 5.74) is 0.192. The summed E-state index contributed by atoms with van der Waals surface area (Å²) < 4.78 is 10.4. The SMILES string of the molecule is COCCOCC(C)(C)CNC(C)C. The van der Waals surface area contributed by atoms with Crippen molar-refractivity contribution in [3.63, 3.8) is 0 Å². The van der Waals surface area contributed by atoms with E-state index in [1.807, 2.05) is 0 Å². The summed E-state index contributed by atoms with van der Waals surface area (Å²) in [6, 6.07) is 0.535. The van der Waals surface area contributed by atoms with Crippen LogP contribution in [-0.4, -0.2) is 39.5 Å². The summed E-state index contributed by atoms with van der Waals surface area (Å²) in [4.78, 5) is 0. The van der Waals surface area contributed by atoms with Crippen molar-refractivity contribution in [1.82, 2.24) is 5.32 Å². The van der Waals surface area contributed by atoms with E-state index in [4.69, 9.17) is 9.47 Å². The minimum absolute atomic E-state index is 0.192. The molecule has 0 unspecified atom stereocenters. The molecule has 0 spiro atoms. The van der Waals surface area contributed by atoms with Crippen LogP contribution in [0.3, 0.4) is 0 Å². The molecule has 0 bridgehead atoms. The predicted molar refractivity (Wildman–Crippen MR) is 59.6 cm³/mol. The van der Waals surface area contributed by atoms with Crippen LogP contribution in [0.4, 0.5) is 0 Å². The first-order valence-electron chi connectivity index (χ1n) is 5.28. The average molecular weight is 203 g/mol. The molecule has 14 heavy (non-hydrogen) atoms. The lowest BCUT2D eigenvalue weighted by Crippen LogP contribution is -2.36. The van der Waals surface area contributed by atoms with E-state index in [9.17, 15) is 0 Å². The minimum atomic E-state index is 0.192. The molecule has 3 heteroatoms. The molecule has 0 saturated heterocycles. The quantitative estimate of drug-likeness (QED) is 0.609. The second-order valence-corrected chi connectivity index (χ2v) is 4.75. The van der Waals surface area contributed by atoms with Gasteiger partial charge in [-0.05, 0) is 0 Å². The topological polar surface area (TPSA) is 30.5 Å². The summed E-state index contributed by atoms with van der Waals surface area (Å²) in [5, 5.41) is 3.42. The molecule has 0 aliphatic rings. The van der Waals surface area contributed by atoms with Crippen molar-refractivity contribution in [3.05, 3.63) is 0 Å². The zero-order valence-electron chi connectivity index (χ0n) is 10.2. The molecule has 0 radical (unpaired) electrons. The maximum absolute atomic E-state index is 5.51. The number of nitrogens with one attached hydrogen (secondary N) is 1. The van der Waals surface area contributed by atoms with Crippen LogP contribution in [0.25, 0.3) is 0 Å². The van der Waals surface area contributed by atoms with E-state index in [0.29, 0.717) is 19.3 Å². The Hall–Kier alpha value is -0.120. The maximum Gasteiger partial charge on any atom is 0.0700 e. The molecular formula is C11H25NO2. The van der Waals surface area contributed by atoms with Crippen molar-refractivity contribution in [2.75, 3.05) is 33.5 Å². The Balaban J connectivity index is 3.50. The maximum atomic E-state index is 5.51. The van der Waals surface area contributed by atoms with Gasteiger partial charge < -0.3 is 14.8 Å². The average Bonchev–Trinajstić information content (AvgIpc) is 2.10. The summed E-state index contributed by atoms with van der Waals surface area (Å²) in [6.07, 6.45) is 0. The van der Waals surface area contributed by atoms with Gasteiger partial charge in [-0.1, -0.05) is 27.7 Å². The molecule has 0 amide bonds. The molecule has 0 heterocycles. The minimum Gasteiger partial charge on any atom is -0.382 e. The second-order valence-electron chi connectivity index (χ2n) is 4.75. The Morgan fingerprint density at radius 3 is 2.36 bits per heavy atom. The molecule has 3 nitrogen and oxygen atoms in total. The first-order chi connectivity index (χ1) is 6.48. The van der Waals surface area contributed by atoms with Gasteiger partial charge in [0.05, 0.1) is 19.8 Å². The molecule has 86 valence electrons. The number of methoxy groups -OCH3 is 1. The van der Waals surface area contributed by atoms with Crippen molar-refractivity contribution in [2.24, 2.45) is 5.41 Å². The van der Waals surface area contributed by atoms with E-state index in [1.54, 1.807) is 7.11 Å². The van der Waals surface area contributed by atoms with Crippen molar-refractivity contribution < 1.29 is 9.47 Å². The van der Waals surface area contributed by atoms with Crippen LogP contribution in [0.15, 0.2) is 0 Å². The van der Waals surface area contributed by atoms with Gasteiger partial charge in [-0.2, -0.15) is 0 Å².